The first-order chi connectivity index (χ1) is 4.21. The lowest BCUT2D eigenvalue weighted by Crippen LogP contribution is -2.07. The summed E-state index contributed by atoms with van der Waals surface area (Å²) in [7, 11) is -2.76. The van der Waals surface area contributed by atoms with Gasteiger partial charge in [-0.05, 0) is 11.8 Å². The third-order valence-corrected chi connectivity index (χ3v) is 2.33. The van der Waals surface area contributed by atoms with Crippen molar-refractivity contribution in [1.82, 2.24) is 0 Å². The molecule has 0 saturated carbocycles. The Hall–Kier alpha value is 0.190. The largest absolute Gasteiger partial charge is 0.344 e. The van der Waals surface area contributed by atoms with Crippen LogP contribution >= 0.6 is 7.37 Å². The minimum absolute atomic E-state index is 0.175. The van der Waals surface area contributed by atoms with Gasteiger partial charge in [0.2, 0.25) is 0 Å². The van der Waals surface area contributed by atoms with Gasteiger partial charge in [-0.3, -0.25) is 4.57 Å². The molecule has 0 aliphatic heterocycles. The monoisotopic (exact) mass is 164 g/mol. The topological polar surface area (TPSA) is 37.3 Å². The zero-order valence-corrected chi connectivity index (χ0v) is 8.11. The fraction of sp³-hybridized carbons (Fsp3) is 1.00. The van der Waals surface area contributed by atoms with Crippen LogP contribution in [0, 0.1) is 5.41 Å². The van der Waals surface area contributed by atoms with Crippen molar-refractivity contribution in [3.63, 3.8) is 0 Å². The van der Waals surface area contributed by atoms with E-state index in [1.807, 2.05) is 0 Å². The molecule has 0 aromatic rings. The van der Waals surface area contributed by atoms with E-state index in [2.05, 4.69) is 20.8 Å². The van der Waals surface area contributed by atoms with Crippen molar-refractivity contribution in [2.45, 2.75) is 27.2 Å². The molecule has 0 bridgehead atoms. The van der Waals surface area contributed by atoms with Crippen LogP contribution in [0.1, 0.15) is 27.2 Å². The van der Waals surface area contributed by atoms with Crippen LogP contribution in [-0.4, -0.2) is 17.7 Å². The van der Waals surface area contributed by atoms with Crippen molar-refractivity contribution >= 4 is 7.37 Å². The van der Waals surface area contributed by atoms with Gasteiger partial charge in [-0.1, -0.05) is 20.8 Å². The van der Waals surface area contributed by atoms with Crippen molar-refractivity contribution in [3.05, 3.63) is 0 Å². The molecule has 3 heteroatoms. The lowest BCUT2D eigenvalue weighted by molar-refractivity contribution is 0.388. The van der Waals surface area contributed by atoms with Gasteiger partial charge < -0.3 is 4.89 Å². The van der Waals surface area contributed by atoms with Crippen LogP contribution < -0.4 is 0 Å². The second kappa shape index (κ2) is 3.06. The zero-order chi connectivity index (χ0) is 8.41. The Morgan fingerprint density at radius 2 is 1.80 bits per heavy atom. The summed E-state index contributed by atoms with van der Waals surface area (Å²) in [6.07, 6.45) is 1.26. The first kappa shape index (κ1) is 10.2. The molecule has 0 heterocycles. The minimum atomic E-state index is -2.76. The predicted molar refractivity (Wildman–Crippen MR) is 44.7 cm³/mol. The Bertz CT molecular complexity index is 140. The van der Waals surface area contributed by atoms with Crippen LogP contribution in [0.15, 0.2) is 0 Å². The van der Waals surface area contributed by atoms with E-state index in [9.17, 15) is 4.57 Å². The molecule has 1 N–H and O–H groups in total. The van der Waals surface area contributed by atoms with Gasteiger partial charge in [-0.15, -0.1) is 0 Å². The van der Waals surface area contributed by atoms with Gasteiger partial charge in [-0.2, -0.15) is 0 Å². The average molecular weight is 164 g/mol. The third kappa shape index (κ3) is 8.19. The van der Waals surface area contributed by atoms with Gasteiger partial charge in [0.1, 0.15) is 0 Å². The maximum atomic E-state index is 10.8. The maximum absolute atomic E-state index is 10.8. The smallest absolute Gasteiger partial charge is 0.197 e. The lowest BCUT2D eigenvalue weighted by Gasteiger charge is -2.18. The molecule has 62 valence electrons. The van der Waals surface area contributed by atoms with Crippen LogP contribution in [0.5, 0.6) is 0 Å². The molecule has 0 spiro atoms. The molecule has 0 saturated heterocycles. The summed E-state index contributed by atoms with van der Waals surface area (Å²) in [4.78, 5) is 8.94. The van der Waals surface area contributed by atoms with Gasteiger partial charge in [0.05, 0.1) is 0 Å². The molecular weight excluding hydrogens is 147 g/mol. The van der Waals surface area contributed by atoms with Crippen molar-refractivity contribution in [2.24, 2.45) is 5.41 Å². The van der Waals surface area contributed by atoms with Crippen LogP contribution in [-0.2, 0) is 4.57 Å². The standard InChI is InChI=1S/C7H17O2P/c1-7(2,3)5-6-10(4,8)9/h5-6H2,1-4H3,(H,8,9). The highest BCUT2D eigenvalue weighted by Gasteiger charge is 2.16. The summed E-state index contributed by atoms with van der Waals surface area (Å²) in [5.74, 6) is 0. The molecule has 2 nitrogen and oxygen atoms in total. The minimum Gasteiger partial charge on any atom is -0.344 e. The predicted octanol–water partition coefficient (Wildman–Crippen LogP) is 2.32. The Labute approximate surface area is 63.1 Å². The quantitative estimate of drug-likeness (QED) is 0.636. The third-order valence-electron chi connectivity index (χ3n) is 1.28. The van der Waals surface area contributed by atoms with E-state index in [1.165, 1.54) is 6.66 Å². The molecule has 10 heavy (non-hydrogen) atoms. The van der Waals surface area contributed by atoms with Crippen LogP contribution in [0.3, 0.4) is 0 Å². The highest BCUT2D eigenvalue weighted by molar-refractivity contribution is 7.57. The molecule has 0 rings (SSSR count). The van der Waals surface area contributed by atoms with Gasteiger partial charge in [-0.25, -0.2) is 0 Å². The van der Waals surface area contributed by atoms with Crippen LogP contribution in [0.2, 0.25) is 0 Å². The normalized spacial score (nSPS) is 18.5. The van der Waals surface area contributed by atoms with E-state index in [0.717, 1.165) is 6.42 Å². The molecular formula is C7H17O2P. The summed E-state index contributed by atoms with van der Waals surface area (Å²) in [6, 6.07) is 0. The second-order valence-corrected chi connectivity index (χ2v) is 6.63. The van der Waals surface area contributed by atoms with Crippen molar-refractivity contribution in [3.8, 4) is 0 Å². The molecule has 0 aliphatic carbocycles. The molecule has 1 atom stereocenters. The van der Waals surface area contributed by atoms with E-state index in [-0.39, 0.29) is 5.41 Å². The number of hydrogen-bond donors (Lipinski definition) is 1. The highest BCUT2D eigenvalue weighted by Crippen LogP contribution is 2.38. The summed E-state index contributed by atoms with van der Waals surface area (Å²) in [5.41, 5.74) is 0.175. The SMILES string of the molecule is CC(C)(C)CCP(C)(=O)O. The molecule has 0 amide bonds. The molecule has 0 aliphatic rings. The summed E-state index contributed by atoms with van der Waals surface area (Å²) >= 11 is 0. The summed E-state index contributed by atoms with van der Waals surface area (Å²) in [5, 5.41) is 0. The Morgan fingerprint density at radius 3 is 1.90 bits per heavy atom. The number of hydrogen-bond acceptors (Lipinski definition) is 1. The average Bonchev–Trinajstić information content (AvgIpc) is 1.57. The lowest BCUT2D eigenvalue weighted by atomic mass is 9.94. The number of rotatable bonds is 2. The van der Waals surface area contributed by atoms with Crippen LogP contribution in [0.25, 0.3) is 0 Å². The molecule has 0 aromatic heterocycles. The van der Waals surface area contributed by atoms with E-state index >= 15 is 0 Å². The summed E-state index contributed by atoms with van der Waals surface area (Å²) in [6.45, 7) is 7.63. The van der Waals surface area contributed by atoms with E-state index in [1.54, 1.807) is 0 Å². The molecule has 0 radical (unpaired) electrons. The first-order valence-corrected chi connectivity index (χ1v) is 5.79. The molecule has 1 unspecified atom stereocenters. The van der Waals surface area contributed by atoms with Crippen LogP contribution in [0.4, 0.5) is 0 Å². The Kier molecular flexibility index (Phi) is 3.12. The van der Waals surface area contributed by atoms with Gasteiger partial charge in [0.15, 0.2) is 7.37 Å². The summed E-state index contributed by atoms with van der Waals surface area (Å²) < 4.78 is 10.8. The molecule has 0 fully saturated rings. The van der Waals surface area contributed by atoms with Gasteiger partial charge in [0.25, 0.3) is 0 Å². The fourth-order valence-corrected chi connectivity index (χ4v) is 1.63. The Balaban J connectivity index is 3.67. The first-order valence-electron chi connectivity index (χ1n) is 3.50. The van der Waals surface area contributed by atoms with E-state index in [0.29, 0.717) is 6.16 Å². The second-order valence-electron chi connectivity index (χ2n) is 4.09. The van der Waals surface area contributed by atoms with E-state index in [4.69, 9.17) is 4.89 Å². The fourth-order valence-electron chi connectivity index (χ4n) is 0.543. The highest BCUT2D eigenvalue weighted by atomic mass is 31.2. The van der Waals surface area contributed by atoms with Crippen molar-refractivity contribution < 1.29 is 9.46 Å². The van der Waals surface area contributed by atoms with E-state index < -0.39 is 7.37 Å². The maximum Gasteiger partial charge on any atom is 0.197 e. The van der Waals surface area contributed by atoms with Crippen molar-refractivity contribution in [2.75, 3.05) is 12.8 Å². The van der Waals surface area contributed by atoms with Crippen molar-refractivity contribution in [1.29, 1.82) is 0 Å². The Morgan fingerprint density at radius 1 is 1.40 bits per heavy atom. The molecule has 0 aromatic carbocycles. The zero-order valence-electron chi connectivity index (χ0n) is 7.22. The van der Waals surface area contributed by atoms with Gasteiger partial charge >= 0.3 is 0 Å². The van der Waals surface area contributed by atoms with Gasteiger partial charge in [0, 0.05) is 12.8 Å².